The first-order valence-corrected chi connectivity index (χ1v) is 3.95. The monoisotopic (exact) mass is 177 g/mol. The molecule has 0 amide bonds. The number of methoxy groups -OCH3 is 1. The van der Waals surface area contributed by atoms with E-state index in [2.05, 4.69) is 5.32 Å². The molecule has 12 heavy (non-hydrogen) atoms. The van der Waals surface area contributed by atoms with E-state index in [1.807, 2.05) is 0 Å². The Bertz CT molecular complexity index is 129. The normalized spacial score (nSPS) is 43.0. The molecule has 72 valence electrons. The Balaban J connectivity index is 2.55. The first-order valence-electron chi connectivity index (χ1n) is 3.95. The highest BCUT2D eigenvalue weighted by Crippen LogP contribution is 2.15. The van der Waals surface area contributed by atoms with Crippen LogP contribution in [0.25, 0.3) is 0 Å². The van der Waals surface area contributed by atoms with Crippen molar-refractivity contribution in [3.05, 3.63) is 0 Å². The molecule has 0 unspecified atom stereocenters. The number of ether oxygens (including phenoxy) is 1. The first kappa shape index (κ1) is 9.88. The van der Waals surface area contributed by atoms with Crippen molar-refractivity contribution < 1.29 is 20.1 Å². The van der Waals surface area contributed by atoms with Crippen molar-refractivity contribution in [1.82, 2.24) is 5.32 Å². The van der Waals surface area contributed by atoms with Gasteiger partial charge in [0.05, 0.1) is 24.9 Å². The van der Waals surface area contributed by atoms with Crippen molar-refractivity contribution in [3.8, 4) is 0 Å². The van der Waals surface area contributed by atoms with Gasteiger partial charge in [0.2, 0.25) is 0 Å². The fourth-order valence-corrected chi connectivity index (χ4v) is 1.43. The van der Waals surface area contributed by atoms with Gasteiger partial charge in [-0.15, -0.1) is 0 Å². The Kier molecular flexibility index (Phi) is 3.42. The molecule has 4 atom stereocenters. The summed E-state index contributed by atoms with van der Waals surface area (Å²) in [7, 11) is 1.47. The van der Waals surface area contributed by atoms with Crippen LogP contribution in [0.4, 0.5) is 0 Å². The fourth-order valence-electron chi connectivity index (χ4n) is 1.43. The van der Waals surface area contributed by atoms with Crippen LogP contribution in [0, 0.1) is 0 Å². The van der Waals surface area contributed by atoms with E-state index in [-0.39, 0.29) is 6.61 Å². The predicted octanol–water partition coefficient (Wildman–Crippen LogP) is -1.97. The number of nitrogens with one attached hydrogen (secondary N) is 1. The maximum atomic E-state index is 9.49. The minimum absolute atomic E-state index is 0.210. The van der Waals surface area contributed by atoms with Crippen molar-refractivity contribution in [2.45, 2.75) is 30.9 Å². The number of aliphatic hydroxyl groups excluding tert-OH is 3. The number of hydrogen-bond donors (Lipinski definition) is 4. The maximum absolute atomic E-state index is 9.49. The lowest BCUT2D eigenvalue weighted by molar-refractivity contribution is -0.103. The Morgan fingerprint density at radius 1 is 1.50 bits per heavy atom. The fraction of sp³-hybridized carbons (Fsp3) is 1.00. The van der Waals surface area contributed by atoms with E-state index in [0.717, 1.165) is 0 Å². The van der Waals surface area contributed by atoms with Crippen LogP contribution in [-0.4, -0.2) is 53.5 Å². The molecule has 0 spiro atoms. The van der Waals surface area contributed by atoms with Gasteiger partial charge < -0.3 is 20.1 Å². The molecule has 0 radical (unpaired) electrons. The molecule has 1 saturated heterocycles. The Morgan fingerprint density at radius 2 is 2.17 bits per heavy atom. The highest BCUT2D eigenvalue weighted by atomic mass is 16.5. The van der Waals surface area contributed by atoms with Gasteiger partial charge in [-0.05, 0) is 0 Å². The zero-order valence-electron chi connectivity index (χ0n) is 6.97. The second kappa shape index (κ2) is 4.15. The van der Waals surface area contributed by atoms with Crippen LogP contribution in [0.2, 0.25) is 0 Å². The van der Waals surface area contributed by atoms with Crippen molar-refractivity contribution in [3.63, 3.8) is 0 Å². The number of rotatable bonds is 2. The molecular formula is C7H15NO4. The average molecular weight is 177 g/mol. The van der Waals surface area contributed by atoms with Crippen LogP contribution in [0.5, 0.6) is 0 Å². The lowest BCUT2D eigenvalue weighted by Crippen LogP contribution is -2.58. The molecule has 1 fully saturated rings. The summed E-state index contributed by atoms with van der Waals surface area (Å²) >= 11 is 0. The van der Waals surface area contributed by atoms with Crippen molar-refractivity contribution in [1.29, 1.82) is 0 Å². The summed E-state index contributed by atoms with van der Waals surface area (Å²) < 4.78 is 4.94. The summed E-state index contributed by atoms with van der Waals surface area (Å²) in [6.45, 7) is -0.210. The Labute approximate surface area is 71.0 Å². The molecule has 0 aliphatic carbocycles. The molecule has 1 aliphatic rings. The predicted molar refractivity (Wildman–Crippen MR) is 41.4 cm³/mol. The van der Waals surface area contributed by atoms with Gasteiger partial charge in [-0.25, -0.2) is 0 Å². The van der Waals surface area contributed by atoms with Gasteiger partial charge in [-0.1, -0.05) is 0 Å². The van der Waals surface area contributed by atoms with Crippen LogP contribution in [0.3, 0.4) is 0 Å². The van der Waals surface area contributed by atoms with E-state index in [9.17, 15) is 10.2 Å². The zero-order chi connectivity index (χ0) is 9.14. The summed E-state index contributed by atoms with van der Waals surface area (Å²) in [5, 5.41) is 30.2. The molecule has 4 N–H and O–H groups in total. The van der Waals surface area contributed by atoms with Crippen molar-refractivity contribution in [2.75, 3.05) is 13.7 Å². The topological polar surface area (TPSA) is 82.0 Å². The van der Waals surface area contributed by atoms with Gasteiger partial charge in [0.15, 0.2) is 0 Å². The lowest BCUT2D eigenvalue weighted by Gasteiger charge is -2.36. The van der Waals surface area contributed by atoms with Crippen LogP contribution < -0.4 is 5.32 Å². The molecule has 0 bridgehead atoms. The molecule has 5 nitrogen and oxygen atoms in total. The van der Waals surface area contributed by atoms with Crippen LogP contribution >= 0.6 is 0 Å². The standard InChI is InChI=1S/C7H15NO4/c1-12-5-2-6(10)8-4(3-9)7(5)11/h4-11H,2-3H2,1H3/t4-,5-,6+,7+/m1/s1. The van der Waals surface area contributed by atoms with Crippen molar-refractivity contribution in [2.24, 2.45) is 0 Å². The van der Waals surface area contributed by atoms with Crippen LogP contribution in [0.1, 0.15) is 6.42 Å². The van der Waals surface area contributed by atoms with E-state index < -0.39 is 24.5 Å². The van der Waals surface area contributed by atoms with E-state index >= 15 is 0 Å². The third-order valence-electron chi connectivity index (χ3n) is 2.15. The summed E-state index contributed by atoms with van der Waals surface area (Å²) in [6.07, 6.45) is -1.54. The number of hydrogen-bond acceptors (Lipinski definition) is 5. The van der Waals surface area contributed by atoms with Gasteiger partial charge in [-0.2, -0.15) is 0 Å². The first-order chi connectivity index (χ1) is 5.69. The molecule has 0 saturated carbocycles. The molecule has 5 heteroatoms. The summed E-state index contributed by atoms with van der Waals surface area (Å²) in [5.74, 6) is 0. The highest BCUT2D eigenvalue weighted by molar-refractivity contribution is 4.88. The zero-order valence-corrected chi connectivity index (χ0v) is 6.97. The van der Waals surface area contributed by atoms with E-state index in [4.69, 9.17) is 9.84 Å². The number of aliphatic hydroxyl groups is 3. The molecule has 0 aromatic heterocycles. The average Bonchev–Trinajstić information content (AvgIpc) is 2.08. The minimum Gasteiger partial charge on any atom is -0.395 e. The highest BCUT2D eigenvalue weighted by Gasteiger charge is 2.35. The SMILES string of the molecule is CO[C@@H]1C[C@H](O)N[C@H](CO)[C@@H]1O. The van der Waals surface area contributed by atoms with E-state index in [0.29, 0.717) is 6.42 Å². The molecule has 0 aromatic carbocycles. The molecule has 1 rings (SSSR count). The van der Waals surface area contributed by atoms with E-state index in [1.165, 1.54) is 7.11 Å². The largest absolute Gasteiger partial charge is 0.395 e. The Hall–Kier alpha value is -0.200. The quantitative estimate of drug-likeness (QED) is 0.393. The lowest BCUT2D eigenvalue weighted by atomic mass is 9.97. The third kappa shape index (κ3) is 1.94. The van der Waals surface area contributed by atoms with Gasteiger partial charge in [0.1, 0.15) is 6.23 Å². The van der Waals surface area contributed by atoms with Gasteiger partial charge >= 0.3 is 0 Å². The van der Waals surface area contributed by atoms with Crippen LogP contribution in [0.15, 0.2) is 0 Å². The summed E-state index contributed by atoms with van der Waals surface area (Å²) in [5.41, 5.74) is 0. The smallest absolute Gasteiger partial charge is 0.107 e. The van der Waals surface area contributed by atoms with E-state index in [1.54, 1.807) is 0 Å². The second-order valence-electron chi connectivity index (χ2n) is 2.97. The molecule has 1 aliphatic heterocycles. The Morgan fingerprint density at radius 3 is 2.67 bits per heavy atom. The minimum atomic E-state index is -0.761. The van der Waals surface area contributed by atoms with Crippen LogP contribution in [-0.2, 0) is 4.74 Å². The van der Waals surface area contributed by atoms with Gasteiger partial charge in [-0.3, -0.25) is 5.32 Å². The molecular weight excluding hydrogens is 162 g/mol. The molecule has 0 aromatic rings. The van der Waals surface area contributed by atoms with Crippen molar-refractivity contribution >= 4 is 0 Å². The number of piperidine rings is 1. The second-order valence-corrected chi connectivity index (χ2v) is 2.97. The van der Waals surface area contributed by atoms with Gasteiger partial charge in [0.25, 0.3) is 0 Å². The van der Waals surface area contributed by atoms with Gasteiger partial charge in [0, 0.05) is 13.5 Å². The molecule has 1 heterocycles. The summed E-state index contributed by atoms with van der Waals surface area (Å²) in [4.78, 5) is 0. The summed E-state index contributed by atoms with van der Waals surface area (Å²) in [6, 6.07) is -0.501. The maximum Gasteiger partial charge on any atom is 0.107 e. The third-order valence-corrected chi connectivity index (χ3v) is 2.15.